The minimum absolute atomic E-state index is 0.258. The van der Waals surface area contributed by atoms with Gasteiger partial charge in [0.15, 0.2) is 11.8 Å². The zero-order chi connectivity index (χ0) is 18.4. The molecule has 0 aliphatic heterocycles. The molecule has 7 nitrogen and oxygen atoms in total. The second-order valence-electron chi connectivity index (χ2n) is 5.91. The molecule has 0 aliphatic rings. The molecule has 2 aromatic rings. The summed E-state index contributed by atoms with van der Waals surface area (Å²) < 4.78 is 7.06. The summed E-state index contributed by atoms with van der Waals surface area (Å²) in [7, 11) is 1.86. The van der Waals surface area contributed by atoms with Gasteiger partial charge in [-0.25, -0.2) is 4.99 Å². The number of hydrogen-bond acceptors (Lipinski definition) is 4. The Morgan fingerprint density at radius 3 is 2.68 bits per heavy atom. The van der Waals surface area contributed by atoms with Crippen LogP contribution in [0.3, 0.4) is 0 Å². The predicted octanol–water partition coefficient (Wildman–Crippen LogP) is 3.14. The van der Waals surface area contributed by atoms with Crippen molar-refractivity contribution in [3.8, 4) is 0 Å². The van der Waals surface area contributed by atoms with Crippen molar-refractivity contribution in [2.45, 2.75) is 39.7 Å². The molecule has 2 rings (SSSR count). The molecule has 0 amide bonds. The smallest absolute Gasteiger partial charge is 0.228 e. The first-order valence-corrected chi connectivity index (χ1v) is 9.02. The van der Waals surface area contributed by atoms with E-state index in [0.29, 0.717) is 41.5 Å². The van der Waals surface area contributed by atoms with E-state index >= 15 is 0 Å². The lowest BCUT2D eigenvalue weighted by molar-refractivity contribution is 0.371. The average molecular weight is 387 g/mol. The summed E-state index contributed by atoms with van der Waals surface area (Å²) >= 11 is 12.1. The summed E-state index contributed by atoms with van der Waals surface area (Å²) in [6.07, 6.45) is 0.631. The molecule has 0 saturated carbocycles. The Kier molecular flexibility index (Phi) is 7.13. The maximum absolute atomic E-state index is 6.08. The number of aliphatic imine (C=N–C) groups is 1. The number of rotatable bonds is 7. The van der Waals surface area contributed by atoms with Gasteiger partial charge in [-0.1, -0.05) is 42.2 Å². The van der Waals surface area contributed by atoms with Crippen LogP contribution in [-0.2, 0) is 20.0 Å². The predicted molar refractivity (Wildman–Crippen MR) is 100 cm³/mol. The fraction of sp³-hybridized carbons (Fsp3) is 0.562. The van der Waals surface area contributed by atoms with Gasteiger partial charge < -0.3 is 19.7 Å². The van der Waals surface area contributed by atoms with Crippen molar-refractivity contribution in [3.05, 3.63) is 33.7 Å². The fourth-order valence-electron chi connectivity index (χ4n) is 2.13. The molecule has 2 heterocycles. The van der Waals surface area contributed by atoms with Gasteiger partial charge in [-0.15, -0.1) is 0 Å². The van der Waals surface area contributed by atoms with Crippen molar-refractivity contribution in [1.82, 2.24) is 25.3 Å². The SMILES string of the molecule is CCNC(=NCc1cc(Cl)c(Cl)n1C)NCCc1nc(C(C)C)no1. The molecular formula is C16H24Cl2N6O. The first-order chi connectivity index (χ1) is 11.9. The van der Waals surface area contributed by atoms with E-state index in [-0.39, 0.29) is 5.92 Å². The maximum Gasteiger partial charge on any atom is 0.228 e. The van der Waals surface area contributed by atoms with Crippen molar-refractivity contribution in [1.29, 1.82) is 0 Å². The molecule has 138 valence electrons. The summed E-state index contributed by atoms with van der Waals surface area (Å²) in [6.45, 7) is 7.95. The van der Waals surface area contributed by atoms with Gasteiger partial charge in [0.1, 0.15) is 5.15 Å². The van der Waals surface area contributed by atoms with Gasteiger partial charge in [0, 0.05) is 38.2 Å². The van der Waals surface area contributed by atoms with Crippen LogP contribution >= 0.6 is 23.2 Å². The molecule has 0 atom stereocenters. The highest BCUT2D eigenvalue weighted by atomic mass is 35.5. The third-order valence-electron chi connectivity index (χ3n) is 3.59. The largest absolute Gasteiger partial charge is 0.357 e. The molecule has 0 aliphatic carbocycles. The van der Waals surface area contributed by atoms with Crippen LogP contribution in [0.5, 0.6) is 0 Å². The van der Waals surface area contributed by atoms with E-state index in [9.17, 15) is 0 Å². The topological polar surface area (TPSA) is 80.3 Å². The summed E-state index contributed by atoms with van der Waals surface area (Å²) in [5.41, 5.74) is 0.936. The average Bonchev–Trinajstić information content (AvgIpc) is 3.14. The van der Waals surface area contributed by atoms with Gasteiger partial charge in [-0.2, -0.15) is 4.98 Å². The lowest BCUT2D eigenvalue weighted by Gasteiger charge is -2.10. The Labute approximate surface area is 157 Å². The Balaban J connectivity index is 1.91. The molecule has 0 radical (unpaired) electrons. The van der Waals surface area contributed by atoms with E-state index in [2.05, 4.69) is 25.8 Å². The third-order valence-corrected chi connectivity index (χ3v) is 4.43. The minimum Gasteiger partial charge on any atom is -0.357 e. The van der Waals surface area contributed by atoms with Crippen LogP contribution < -0.4 is 10.6 Å². The second-order valence-corrected chi connectivity index (χ2v) is 6.67. The van der Waals surface area contributed by atoms with Crippen LogP contribution in [0.1, 0.15) is 44.1 Å². The third kappa shape index (κ3) is 5.37. The summed E-state index contributed by atoms with van der Waals surface area (Å²) in [5.74, 6) is 2.31. The molecule has 0 saturated heterocycles. The molecular weight excluding hydrogens is 363 g/mol. The molecule has 0 aromatic carbocycles. The number of guanidine groups is 1. The van der Waals surface area contributed by atoms with Crippen molar-refractivity contribution >= 4 is 29.2 Å². The van der Waals surface area contributed by atoms with E-state index < -0.39 is 0 Å². The van der Waals surface area contributed by atoms with E-state index in [0.717, 1.165) is 18.1 Å². The highest BCUT2D eigenvalue weighted by Crippen LogP contribution is 2.25. The van der Waals surface area contributed by atoms with Crippen molar-refractivity contribution in [2.24, 2.45) is 12.0 Å². The van der Waals surface area contributed by atoms with Gasteiger partial charge in [0.2, 0.25) is 5.89 Å². The first-order valence-electron chi connectivity index (χ1n) is 8.26. The molecule has 25 heavy (non-hydrogen) atoms. The van der Waals surface area contributed by atoms with E-state index in [1.54, 1.807) is 0 Å². The van der Waals surface area contributed by atoms with Crippen LogP contribution in [0.25, 0.3) is 0 Å². The Morgan fingerprint density at radius 1 is 1.36 bits per heavy atom. The summed E-state index contributed by atoms with van der Waals surface area (Å²) in [6, 6.07) is 1.82. The van der Waals surface area contributed by atoms with Gasteiger partial charge in [-0.05, 0) is 13.0 Å². The van der Waals surface area contributed by atoms with Crippen LogP contribution in [-0.4, -0.2) is 33.8 Å². The lowest BCUT2D eigenvalue weighted by atomic mass is 10.2. The van der Waals surface area contributed by atoms with Gasteiger partial charge in [-0.3, -0.25) is 0 Å². The Hall–Kier alpha value is -1.73. The molecule has 0 fully saturated rings. The highest BCUT2D eigenvalue weighted by Gasteiger charge is 2.10. The number of nitrogens with one attached hydrogen (secondary N) is 2. The molecule has 0 unspecified atom stereocenters. The standard InChI is InChI=1S/C16H24Cl2N6O/c1-5-19-16(21-9-11-8-12(17)14(18)24(11)4)20-7-6-13-22-15(10(2)3)23-25-13/h8,10H,5-7,9H2,1-4H3,(H2,19,20,21). The van der Waals surface area contributed by atoms with Crippen LogP contribution in [0.4, 0.5) is 0 Å². The minimum atomic E-state index is 0.258. The second kappa shape index (κ2) is 9.10. The Morgan fingerprint density at radius 2 is 2.12 bits per heavy atom. The molecule has 2 N–H and O–H groups in total. The van der Waals surface area contributed by atoms with Crippen molar-refractivity contribution in [3.63, 3.8) is 0 Å². The number of halogens is 2. The Bertz CT molecular complexity index is 722. The van der Waals surface area contributed by atoms with Crippen molar-refractivity contribution < 1.29 is 4.52 Å². The van der Waals surface area contributed by atoms with Gasteiger partial charge in [0.05, 0.1) is 11.6 Å². The summed E-state index contributed by atoms with van der Waals surface area (Å²) in [4.78, 5) is 8.91. The zero-order valence-electron chi connectivity index (χ0n) is 14.9. The molecule has 9 heteroatoms. The highest BCUT2D eigenvalue weighted by molar-refractivity contribution is 6.41. The molecule has 0 spiro atoms. The first kappa shape index (κ1) is 19.6. The molecule has 0 bridgehead atoms. The lowest BCUT2D eigenvalue weighted by Crippen LogP contribution is -2.38. The van der Waals surface area contributed by atoms with E-state index in [1.807, 2.05) is 38.5 Å². The monoisotopic (exact) mass is 386 g/mol. The quantitative estimate of drug-likeness (QED) is 0.564. The number of aromatic nitrogens is 3. The number of hydrogen-bond donors (Lipinski definition) is 2. The van der Waals surface area contributed by atoms with Gasteiger partial charge >= 0.3 is 0 Å². The summed E-state index contributed by atoms with van der Waals surface area (Å²) in [5, 5.41) is 11.5. The van der Waals surface area contributed by atoms with E-state index in [4.69, 9.17) is 27.7 Å². The zero-order valence-corrected chi connectivity index (χ0v) is 16.4. The van der Waals surface area contributed by atoms with Crippen LogP contribution in [0, 0.1) is 0 Å². The van der Waals surface area contributed by atoms with E-state index in [1.165, 1.54) is 0 Å². The van der Waals surface area contributed by atoms with Gasteiger partial charge in [0.25, 0.3) is 0 Å². The maximum atomic E-state index is 6.08. The molecule has 2 aromatic heterocycles. The van der Waals surface area contributed by atoms with Crippen LogP contribution in [0.15, 0.2) is 15.6 Å². The fourth-order valence-corrected chi connectivity index (χ4v) is 2.55. The normalized spacial score (nSPS) is 12.0. The number of nitrogens with zero attached hydrogens (tertiary/aromatic N) is 4. The van der Waals surface area contributed by atoms with Crippen LogP contribution in [0.2, 0.25) is 10.2 Å². The van der Waals surface area contributed by atoms with Crippen molar-refractivity contribution in [2.75, 3.05) is 13.1 Å².